The topological polar surface area (TPSA) is 75.4 Å². The Labute approximate surface area is 132 Å². The monoisotopic (exact) mass is 319 g/mol. The van der Waals surface area contributed by atoms with E-state index in [0.29, 0.717) is 31.0 Å². The molecule has 2 aromatic rings. The van der Waals surface area contributed by atoms with Crippen LogP contribution in [0.3, 0.4) is 0 Å². The molecule has 7 heteroatoms. The van der Waals surface area contributed by atoms with Gasteiger partial charge in [-0.25, -0.2) is 4.98 Å². The number of carbonyl (C=O) groups is 2. The van der Waals surface area contributed by atoms with E-state index in [4.69, 9.17) is 4.42 Å². The van der Waals surface area contributed by atoms with Crippen LogP contribution in [0.25, 0.3) is 0 Å². The van der Waals surface area contributed by atoms with E-state index in [-0.39, 0.29) is 11.8 Å². The molecule has 2 amide bonds. The van der Waals surface area contributed by atoms with Crippen LogP contribution in [-0.2, 0) is 11.3 Å². The highest BCUT2D eigenvalue weighted by atomic mass is 32.1. The van der Waals surface area contributed by atoms with Gasteiger partial charge in [-0.2, -0.15) is 0 Å². The Kier molecular flexibility index (Phi) is 4.24. The molecule has 22 heavy (non-hydrogen) atoms. The number of hydrogen-bond donors (Lipinski definition) is 1. The molecule has 3 heterocycles. The summed E-state index contributed by atoms with van der Waals surface area (Å²) >= 11 is 1.44. The summed E-state index contributed by atoms with van der Waals surface area (Å²) in [5.74, 6) is 0.383. The number of hydrogen-bond acceptors (Lipinski definition) is 5. The number of aromatic nitrogens is 1. The number of nitrogens with zero attached hydrogens (tertiary/aromatic N) is 2. The van der Waals surface area contributed by atoms with Crippen molar-refractivity contribution in [1.82, 2.24) is 15.2 Å². The van der Waals surface area contributed by atoms with E-state index in [9.17, 15) is 9.59 Å². The molecule has 0 radical (unpaired) electrons. The molecule has 3 rings (SSSR count). The first kappa shape index (κ1) is 14.8. The molecule has 0 bridgehead atoms. The highest BCUT2D eigenvalue weighted by Gasteiger charge is 2.35. The fourth-order valence-corrected chi connectivity index (χ4v) is 3.18. The van der Waals surface area contributed by atoms with E-state index in [1.807, 2.05) is 6.92 Å². The minimum Gasteiger partial charge on any atom is -0.467 e. The number of rotatable bonds is 4. The Hall–Kier alpha value is -2.15. The zero-order valence-corrected chi connectivity index (χ0v) is 13.1. The fraction of sp³-hybridized carbons (Fsp3) is 0.400. The van der Waals surface area contributed by atoms with Crippen LogP contribution in [-0.4, -0.2) is 34.3 Å². The number of amides is 2. The highest BCUT2D eigenvalue weighted by Crippen LogP contribution is 2.21. The molecule has 0 aromatic carbocycles. The molecular weight excluding hydrogens is 302 g/mol. The molecule has 6 nitrogen and oxygen atoms in total. The molecule has 2 aromatic heterocycles. The van der Waals surface area contributed by atoms with Crippen molar-refractivity contribution in [2.24, 2.45) is 0 Å². The smallest absolute Gasteiger partial charge is 0.274 e. The van der Waals surface area contributed by atoms with Gasteiger partial charge in [0.15, 0.2) is 0 Å². The minimum atomic E-state index is -0.426. The van der Waals surface area contributed by atoms with Crippen molar-refractivity contribution in [3.05, 3.63) is 40.2 Å². The van der Waals surface area contributed by atoms with Gasteiger partial charge in [-0.05, 0) is 31.9 Å². The summed E-state index contributed by atoms with van der Waals surface area (Å²) in [6.07, 6.45) is 3.07. The van der Waals surface area contributed by atoms with Crippen LogP contribution < -0.4 is 5.32 Å². The van der Waals surface area contributed by atoms with Crippen molar-refractivity contribution in [1.29, 1.82) is 0 Å². The van der Waals surface area contributed by atoms with Crippen LogP contribution >= 0.6 is 11.3 Å². The molecule has 0 aliphatic carbocycles. The number of carbonyl (C=O) groups excluding carboxylic acids is 2. The average molecular weight is 319 g/mol. The number of nitrogens with one attached hydrogen (secondary N) is 1. The summed E-state index contributed by atoms with van der Waals surface area (Å²) in [5.41, 5.74) is 0.424. The Morgan fingerprint density at radius 2 is 2.41 bits per heavy atom. The molecule has 1 atom stereocenters. The van der Waals surface area contributed by atoms with Crippen LogP contribution in [0.4, 0.5) is 0 Å². The quantitative estimate of drug-likeness (QED) is 0.935. The predicted octanol–water partition coefficient (Wildman–Crippen LogP) is 1.97. The lowest BCUT2D eigenvalue weighted by Gasteiger charge is -2.23. The Morgan fingerprint density at radius 1 is 1.55 bits per heavy atom. The fourth-order valence-electron chi connectivity index (χ4n) is 2.60. The van der Waals surface area contributed by atoms with Gasteiger partial charge in [0.1, 0.15) is 17.5 Å². The first-order chi connectivity index (χ1) is 10.6. The van der Waals surface area contributed by atoms with E-state index in [1.165, 1.54) is 11.3 Å². The van der Waals surface area contributed by atoms with Crippen LogP contribution in [0.1, 0.15) is 34.1 Å². The van der Waals surface area contributed by atoms with E-state index in [1.54, 1.807) is 28.7 Å². The van der Waals surface area contributed by atoms with Gasteiger partial charge in [0, 0.05) is 11.9 Å². The number of furan rings is 1. The summed E-state index contributed by atoms with van der Waals surface area (Å²) in [4.78, 5) is 30.6. The first-order valence-electron chi connectivity index (χ1n) is 7.18. The van der Waals surface area contributed by atoms with E-state index < -0.39 is 6.04 Å². The maximum atomic E-state index is 12.5. The van der Waals surface area contributed by atoms with Crippen molar-refractivity contribution in [2.45, 2.75) is 32.4 Å². The van der Waals surface area contributed by atoms with E-state index in [2.05, 4.69) is 10.3 Å². The summed E-state index contributed by atoms with van der Waals surface area (Å²) < 4.78 is 5.19. The second-order valence-corrected chi connectivity index (χ2v) is 6.27. The first-order valence-corrected chi connectivity index (χ1v) is 8.06. The Bertz CT molecular complexity index is 665. The van der Waals surface area contributed by atoms with Gasteiger partial charge < -0.3 is 14.6 Å². The zero-order valence-electron chi connectivity index (χ0n) is 12.2. The molecule has 1 aliphatic rings. The molecule has 1 fully saturated rings. The van der Waals surface area contributed by atoms with Crippen LogP contribution in [0.5, 0.6) is 0 Å². The molecule has 1 unspecified atom stereocenters. The van der Waals surface area contributed by atoms with Gasteiger partial charge in [0.2, 0.25) is 5.91 Å². The molecule has 1 saturated heterocycles. The number of aryl methyl sites for hydroxylation is 1. The lowest BCUT2D eigenvalue weighted by Crippen LogP contribution is -2.45. The highest BCUT2D eigenvalue weighted by molar-refractivity contribution is 7.09. The van der Waals surface area contributed by atoms with Gasteiger partial charge in [-0.1, -0.05) is 0 Å². The van der Waals surface area contributed by atoms with Crippen molar-refractivity contribution < 1.29 is 14.0 Å². The lowest BCUT2D eigenvalue weighted by atomic mass is 10.2. The minimum absolute atomic E-state index is 0.144. The number of likely N-dealkylation sites (tertiary alicyclic amines) is 1. The van der Waals surface area contributed by atoms with Crippen molar-refractivity contribution >= 4 is 23.2 Å². The Morgan fingerprint density at radius 3 is 3.09 bits per heavy atom. The van der Waals surface area contributed by atoms with Gasteiger partial charge >= 0.3 is 0 Å². The van der Waals surface area contributed by atoms with Crippen molar-refractivity contribution in [2.75, 3.05) is 6.54 Å². The SMILES string of the molecule is Cc1nc(C(=O)N2CCCC2C(=O)NCc2ccco2)cs1. The third kappa shape index (κ3) is 3.04. The van der Waals surface area contributed by atoms with Gasteiger partial charge in [-0.15, -0.1) is 11.3 Å². The lowest BCUT2D eigenvalue weighted by molar-refractivity contribution is -0.125. The number of thiazole rings is 1. The second-order valence-electron chi connectivity index (χ2n) is 5.21. The zero-order chi connectivity index (χ0) is 15.5. The van der Waals surface area contributed by atoms with Crippen LogP contribution in [0, 0.1) is 6.92 Å². The van der Waals surface area contributed by atoms with Gasteiger partial charge in [0.25, 0.3) is 5.91 Å². The third-order valence-corrected chi connectivity index (χ3v) is 4.44. The second kappa shape index (κ2) is 6.31. The molecule has 0 spiro atoms. The Balaban J connectivity index is 1.64. The predicted molar refractivity (Wildman–Crippen MR) is 81.5 cm³/mol. The van der Waals surface area contributed by atoms with E-state index in [0.717, 1.165) is 11.4 Å². The summed E-state index contributed by atoms with van der Waals surface area (Å²) in [6.45, 7) is 2.79. The molecule has 0 saturated carbocycles. The van der Waals surface area contributed by atoms with Gasteiger partial charge in [-0.3, -0.25) is 9.59 Å². The molecule has 1 N–H and O–H groups in total. The largest absolute Gasteiger partial charge is 0.467 e. The van der Waals surface area contributed by atoms with Gasteiger partial charge in [0.05, 0.1) is 17.8 Å². The maximum absolute atomic E-state index is 12.5. The van der Waals surface area contributed by atoms with Crippen molar-refractivity contribution in [3.8, 4) is 0 Å². The van der Waals surface area contributed by atoms with Crippen LogP contribution in [0.2, 0.25) is 0 Å². The normalized spacial score (nSPS) is 17.7. The maximum Gasteiger partial charge on any atom is 0.274 e. The molecule has 1 aliphatic heterocycles. The van der Waals surface area contributed by atoms with Crippen LogP contribution in [0.15, 0.2) is 28.2 Å². The summed E-state index contributed by atoms with van der Waals surface area (Å²) in [7, 11) is 0. The summed E-state index contributed by atoms with van der Waals surface area (Å²) in [6, 6.07) is 3.15. The third-order valence-electron chi connectivity index (χ3n) is 3.67. The average Bonchev–Trinajstić information content (AvgIpc) is 3.24. The summed E-state index contributed by atoms with van der Waals surface area (Å²) in [5, 5.41) is 5.42. The molecular formula is C15H17N3O3S. The van der Waals surface area contributed by atoms with E-state index >= 15 is 0 Å². The van der Waals surface area contributed by atoms with Crippen molar-refractivity contribution in [3.63, 3.8) is 0 Å². The molecule has 116 valence electrons. The standard InChI is InChI=1S/C15H17N3O3S/c1-10-17-12(9-22-10)15(20)18-6-2-5-13(18)14(19)16-8-11-4-3-7-21-11/h3-4,7,9,13H,2,5-6,8H2,1H3,(H,16,19).